The number of ether oxygens (including phenoxy) is 1. The van der Waals surface area contributed by atoms with E-state index in [2.05, 4.69) is 14.8 Å². The zero-order valence-corrected chi connectivity index (χ0v) is 19.8. The average molecular weight is 463 g/mol. The van der Waals surface area contributed by atoms with E-state index in [0.29, 0.717) is 11.7 Å². The molecule has 3 aromatic rings. The van der Waals surface area contributed by atoms with Gasteiger partial charge in [-0.05, 0) is 48.2 Å². The predicted molar refractivity (Wildman–Crippen MR) is 131 cm³/mol. The number of rotatable bonds is 5. The molecule has 0 bridgehead atoms. The second-order valence-corrected chi connectivity index (χ2v) is 9.18. The van der Waals surface area contributed by atoms with Crippen LogP contribution in [0.2, 0.25) is 0 Å². The van der Waals surface area contributed by atoms with E-state index in [1.54, 1.807) is 24.5 Å². The molecule has 3 heterocycles. The van der Waals surface area contributed by atoms with Crippen molar-refractivity contribution < 1.29 is 13.9 Å². The largest absolute Gasteiger partial charge is 0.464 e. The highest BCUT2D eigenvalue weighted by molar-refractivity contribution is 6.05. The number of hydrogen-bond acceptors (Lipinski definition) is 5. The highest BCUT2D eigenvalue weighted by Crippen LogP contribution is 2.44. The molecule has 2 aliphatic rings. The van der Waals surface area contributed by atoms with E-state index in [9.17, 15) is 9.18 Å². The van der Waals surface area contributed by atoms with Crippen molar-refractivity contribution in [1.29, 1.82) is 0 Å². The second kappa shape index (κ2) is 9.58. The molecule has 1 saturated heterocycles. The van der Waals surface area contributed by atoms with Gasteiger partial charge in [-0.2, -0.15) is 0 Å². The summed E-state index contributed by atoms with van der Waals surface area (Å²) in [6.07, 6.45) is 8.78. The van der Waals surface area contributed by atoms with Crippen molar-refractivity contribution in [2.45, 2.75) is 31.7 Å². The zero-order valence-electron chi connectivity index (χ0n) is 19.8. The lowest BCUT2D eigenvalue weighted by molar-refractivity contribution is 0.0591. The number of anilines is 1. The molecule has 0 radical (unpaired) electrons. The SMILES string of the molecule is COC(=O)c1c(-c2ccc(F)cc2)c(-c2ccncc2)c(N2CCN(C3CCCC3)CC2)n1C. The minimum atomic E-state index is -0.409. The van der Waals surface area contributed by atoms with E-state index in [1.165, 1.54) is 44.9 Å². The third-order valence-electron chi connectivity index (χ3n) is 7.30. The van der Waals surface area contributed by atoms with Crippen LogP contribution in [-0.2, 0) is 11.8 Å². The molecule has 0 spiro atoms. The van der Waals surface area contributed by atoms with E-state index < -0.39 is 5.97 Å². The molecule has 0 amide bonds. The number of nitrogens with zero attached hydrogens (tertiary/aromatic N) is 4. The molecule has 0 N–H and O–H groups in total. The Morgan fingerprint density at radius 3 is 2.18 bits per heavy atom. The lowest BCUT2D eigenvalue weighted by Crippen LogP contribution is -2.50. The maximum atomic E-state index is 13.8. The quantitative estimate of drug-likeness (QED) is 0.513. The number of pyridine rings is 1. The predicted octanol–water partition coefficient (Wildman–Crippen LogP) is 4.74. The first kappa shape index (κ1) is 22.6. The number of aromatic nitrogens is 2. The van der Waals surface area contributed by atoms with Gasteiger partial charge in [-0.15, -0.1) is 0 Å². The Hall–Kier alpha value is -3.19. The van der Waals surface area contributed by atoms with Gasteiger partial charge < -0.3 is 14.2 Å². The fourth-order valence-electron chi connectivity index (χ4n) is 5.64. The van der Waals surface area contributed by atoms with Crippen LogP contribution in [0.5, 0.6) is 0 Å². The van der Waals surface area contributed by atoms with Crippen molar-refractivity contribution >= 4 is 11.8 Å². The highest BCUT2D eigenvalue weighted by Gasteiger charge is 2.33. The van der Waals surface area contributed by atoms with E-state index in [1.807, 2.05) is 23.7 Å². The number of halogens is 1. The standard InChI is InChI=1S/C27H31FN4O2/c1-30-25(27(33)34-2)23(19-7-9-21(28)10-8-19)24(20-11-13-29-14-12-20)26(30)32-17-15-31(16-18-32)22-5-3-4-6-22/h7-14,22H,3-6,15-18H2,1-2H3. The molecule has 5 rings (SSSR count). The van der Waals surface area contributed by atoms with E-state index in [0.717, 1.165) is 54.3 Å². The van der Waals surface area contributed by atoms with Gasteiger partial charge in [0.05, 0.1) is 7.11 Å². The number of carbonyl (C=O) groups is 1. The van der Waals surface area contributed by atoms with Crippen LogP contribution in [-0.4, -0.2) is 59.8 Å². The van der Waals surface area contributed by atoms with E-state index in [-0.39, 0.29) is 5.82 Å². The van der Waals surface area contributed by atoms with Crippen LogP contribution in [0, 0.1) is 5.82 Å². The van der Waals surface area contributed by atoms with Crippen molar-refractivity contribution in [2.75, 3.05) is 38.2 Å². The van der Waals surface area contributed by atoms with Crippen molar-refractivity contribution in [1.82, 2.24) is 14.5 Å². The molecular weight excluding hydrogens is 431 g/mol. The van der Waals surface area contributed by atoms with Crippen molar-refractivity contribution in [2.24, 2.45) is 7.05 Å². The summed E-state index contributed by atoms with van der Waals surface area (Å²) < 4.78 is 20.9. The summed E-state index contributed by atoms with van der Waals surface area (Å²) in [6.45, 7) is 3.78. The maximum absolute atomic E-state index is 13.8. The maximum Gasteiger partial charge on any atom is 0.355 e. The Labute approximate surface area is 200 Å². The van der Waals surface area contributed by atoms with Gasteiger partial charge in [0.2, 0.25) is 0 Å². The first-order valence-electron chi connectivity index (χ1n) is 12.0. The number of benzene rings is 1. The van der Waals surface area contributed by atoms with Crippen LogP contribution < -0.4 is 4.90 Å². The molecule has 34 heavy (non-hydrogen) atoms. The summed E-state index contributed by atoms with van der Waals surface area (Å²) in [6, 6.07) is 10.9. The van der Waals surface area contributed by atoms with Gasteiger partial charge in [-0.25, -0.2) is 9.18 Å². The number of hydrogen-bond donors (Lipinski definition) is 0. The monoisotopic (exact) mass is 462 g/mol. The normalized spacial score (nSPS) is 17.3. The first-order chi connectivity index (χ1) is 16.6. The van der Waals surface area contributed by atoms with Crippen LogP contribution in [0.25, 0.3) is 22.3 Å². The van der Waals surface area contributed by atoms with Gasteiger partial charge in [0, 0.05) is 62.8 Å². The molecular formula is C27H31FN4O2. The molecule has 1 saturated carbocycles. The Kier molecular flexibility index (Phi) is 6.37. The van der Waals surface area contributed by atoms with Gasteiger partial charge in [0.15, 0.2) is 0 Å². The molecule has 6 nitrogen and oxygen atoms in total. The average Bonchev–Trinajstić information content (AvgIpc) is 3.51. The number of esters is 1. The van der Waals surface area contributed by atoms with E-state index >= 15 is 0 Å². The first-order valence-corrected chi connectivity index (χ1v) is 12.0. The lowest BCUT2D eigenvalue weighted by Gasteiger charge is -2.39. The van der Waals surface area contributed by atoms with Crippen molar-refractivity contribution in [3.05, 3.63) is 60.3 Å². The number of methoxy groups -OCH3 is 1. The number of piperazine rings is 1. The fraction of sp³-hybridized carbons (Fsp3) is 0.407. The van der Waals surface area contributed by atoms with Gasteiger partial charge in [-0.3, -0.25) is 9.88 Å². The third kappa shape index (κ3) is 4.09. The Balaban J connectivity index is 1.64. The van der Waals surface area contributed by atoms with Gasteiger partial charge in [0.25, 0.3) is 0 Å². The fourth-order valence-corrected chi connectivity index (χ4v) is 5.64. The molecule has 0 unspecified atom stereocenters. The van der Waals surface area contributed by atoms with Crippen LogP contribution in [0.15, 0.2) is 48.8 Å². The third-order valence-corrected chi connectivity index (χ3v) is 7.30. The zero-order chi connectivity index (χ0) is 23.7. The summed E-state index contributed by atoms with van der Waals surface area (Å²) in [5.41, 5.74) is 3.92. The highest BCUT2D eigenvalue weighted by atomic mass is 19.1. The Bertz CT molecular complexity index is 1150. The summed E-state index contributed by atoms with van der Waals surface area (Å²) in [5, 5.41) is 0. The van der Waals surface area contributed by atoms with Crippen LogP contribution >= 0.6 is 0 Å². The van der Waals surface area contributed by atoms with Crippen LogP contribution in [0.1, 0.15) is 36.2 Å². The lowest BCUT2D eigenvalue weighted by atomic mass is 9.96. The molecule has 1 aromatic carbocycles. The number of carbonyl (C=O) groups excluding carboxylic acids is 1. The second-order valence-electron chi connectivity index (χ2n) is 9.18. The topological polar surface area (TPSA) is 50.6 Å². The van der Waals surface area contributed by atoms with Gasteiger partial charge in [0.1, 0.15) is 17.3 Å². The molecule has 2 fully saturated rings. The molecule has 1 aliphatic carbocycles. The molecule has 178 valence electrons. The molecule has 0 atom stereocenters. The van der Waals surface area contributed by atoms with Gasteiger partial charge >= 0.3 is 5.97 Å². The summed E-state index contributed by atoms with van der Waals surface area (Å²) in [5.74, 6) is 0.262. The molecule has 2 aromatic heterocycles. The summed E-state index contributed by atoms with van der Waals surface area (Å²) in [7, 11) is 3.32. The minimum Gasteiger partial charge on any atom is -0.464 e. The smallest absolute Gasteiger partial charge is 0.355 e. The van der Waals surface area contributed by atoms with Gasteiger partial charge in [-0.1, -0.05) is 25.0 Å². The van der Waals surface area contributed by atoms with E-state index in [4.69, 9.17) is 4.74 Å². The van der Waals surface area contributed by atoms with Crippen LogP contribution in [0.3, 0.4) is 0 Å². The minimum absolute atomic E-state index is 0.312. The van der Waals surface area contributed by atoms with Crippen molar-refractivity contribution in [3.63, 3.8) is 0 Å². The molecule has 1 aliphatic heterocycles. The van der Waals surface area contributed by atoms with Crippen LogP contribution in [0.4, 0.5) is 10.2 Å². The Morgan fingerprint density at radius 2 is 1.56 bits per heavy atom. The van der Waals surface area contributed by atoms with Crippen molar-refractivity contribution in [3.8, 4) is 22.3 Å². The summed E-state index contributed by atoms with van der Waals surface area (Å²) in [4.78, 5) is 22.2. The molecule has 7 heteroatoms. The summed E-state index contributed by atoms with van der Waals surface area (Å²) >= 11 is 0. The Morgan fingerprint density at radius 1 is 0.941 bits per heavy atom.